The molecule has 0 aromatic heterocycles. The Balaban J connectivity index is 2.31. The van der Waals surface area contributed by atoms with Crippen LogP contribution in [0.2, 0.25) is 0 Å². The number of fused-ring (bicyclic) bond motifs is 1. The summed E-state index contributed by atoms with van der Waals surface area (Å²) < 4.78 is 6.02. The highest BCUT2D eigenvalue weighted by atomic mass is 79.9. The van der Waals surface area contributed by atoms with Crippen molar-refractivity contribution in [2.24, 2.45) is 5.92 Å². The predicted molar refractivity (Wildman–Crippen MR) is 56.7 cm³/mol. The molecule has 0 aromatic carbocycles. The minimum absolute atomic E-state index is 0.0424. The molecule has 0 bridgehead atoms. The Morgan fingerprint density at radius 1 is 1.57 bits per heavy atom. The first kappa shape index (κ1) is 9.52. The average Bonchev–Trinajstić information content (AvgIpc) is 2.17. The van der Waals surface area contributed by atoms with E-state index >= 15 is 0 Å². The second-order valence-corrected chi connectivity index (χ2v) is 4.14. The van der Waals surface area contributed by atoms with E-state index in [1.807, 2.05) is 18.2 Å². The smallest absolute Gasteiger partial charge is 0.245 e. The molecule has 1 aliphatic heterocycles. The van der Waals surface area contributed by atoms with Crippen LogP contribution in [-0.4, -0.2) is 19.1 Å². The van der Waals surface area contributed by atoms with E-state index in [0.717, 1.165) is 10.2 Å². The number of rotatable bonds is 1. The maximum Gasteiger partial charge on any atom is 0.245 e. The van der Waals surface area contributed by atoms with Gasteiger partial charge in [-0.15, -0.1) is 0 Å². The van der Waals surface area contributed by atoms with Gasteiger partial charge in [0.15, 0.2) is 0 Å². The summed E-state index contributed by atoms with van der Waals surface area (Å²) in [6.45, 7) is 0. The lowest BCUT2D eigenvalue weighted by molar-refractivity contribution is -0.117. The van der Waals surface area contributed by atoms with Gasteiger partial charge >= 0.3 is 0 Å². The van der Waals surface area contributed by atoms with Crippen LogP contribution in [0.4, 0.5) is 0 Å². The number of hydrogen-bond acceptors (Lipinski definition) is 2. The van der Waals surface area contributed by atoms with Crippen LogP contribution in [0.25, 0.3) is 0 Å². The summed E-state index contributed by atoms with van der Waals surface area (Å²) in [6, 6.07) is 0.0424. The maximum atomic E-state index is 11.2. The van der Waals surface area contributed by atoms with E-state index < -0.39 is 0 Å². The molecule has 0 radical (unpaired) electrons. The van der Waals surface area contributed by atoms with Crippen LogP contribution in [0.5, 0.6) is 0 Å². The number of carbonyl (C=O) groups excluding carboxylic acids is 1. The lowest BCUT2D eigenvalue weighted by Gasteiger charge is -2.29. The second kappa shape index (κ2) is 3.61. The van der Waals surface area contributed by atoms with Crippen LogP contribution in [0.1, 0.15) is 0 Å². The minimum Gasteiger partial charge on any atom is -0.497 e. The molecule has 14 heavy (non-hydrogen) atoms. The fraction of sp³-hybridized carbons (Fsp3) is 0.300. The number of nitrogens with one attached hydrogen (secondary N) is 1. The van der Waals surface area contributed by atoms with Gasteiger partial charge in [0.1, 0.15) is 5.76 Å². The Morgan fingerprint density at radius 3 is 3.07 bits per heavy atom. The van der Waals surface area contributed by atoms with Gasteiger partial charge in [-0.3, -0.25) is 4.79 Å². The third kappa shape index (κ3) is 1.62. The minimum atomic E-state index is -0.0583. The van der Waals surface area contributed by atoms with Crippen molar-refractivity contribution < 1.29 is 9.53 Å². The molecule has 3 nitrogen and oxygen atoms in total. The summed E-state index contributed by atoms with van der Waals surface area (Å²) >= 11 is 3.39. The largest absolute Gasteiger partial charge is 0.497 e. The summed E-state index contributed by atoms with van der Waals surface area (Å²) in [5, 5.41) is 2.86. The molecule has 4 heteroatoms. The van der Waals surface area contributed by atoms with Crippen LogP contribution in [0.15, 0.2) is 34.5 Å². The molecule has 1 amide bonds. The summed E-state index contributed by atoms with van der Waals surface area (Å²) in [5.74, 6) is 0.928. The highest BCUT2D eigenvalue weighted by Gasteiger charge is 2.28. The van der Waals surface area contributed by atoms with E-state index in [9.17, 15) is 4.79 Å². The molecule has 0 aromatic rings. The molecule has 0 saturated carbocycles. The van der Waals surface area contributed by atoms with Crippen molar-refractivity contribution in [2.75, 3.05) is 7.11 Å². The van der Waals surface area contributed by atoms with Crippen LogP contribution in [0, 0.1) is 5.92 Å². The first-order valence-corrected chi connectivity index (χ1v) is 5.11. The third-order valence-electron chi connectivity index (χ3n) is 2.33. The predicted octanol–water partition coefficient (Wildman–Crippen LogP) is 1.48. The molecule has 2 rings (SSSR count). The first-order valence-electron chi connectivity index (χ1n) is 4.32. The fourth-order valence-corrected chi connectivity index (χ4v) is 2.23. The SMILES string of the molecule is COC1=CC2C(Br)=CC(=O)NC2C=C1. The van der Waals surface area contributed by atoms with E-state index in [1.165, 1.54) is 0 Å². The number of carbonyl (C=O) groups is 1. The zero-order chi connectivity index (χ0) is 10.1. The van der Waals surface area contributed by atoms with E-state index in [-0.39, 0.29) is 17.9 Å². The molecule has 0 spiro atoms. The highest BCUT2D eigenvalue weighted by molar-refractivity contribution is 9.11. The summed E-state index contributed by atoms with van der Waals surface area (Å²) in [5.41, 5.74) is 0. The summed E-state index contributed by atoms with van der Waals surface area (Å²) in [4.78, 5) is 11.2. The number of methoxy groups -OCH3 is 1. The van der Waals surface area contributed by atoms with E-state index in [2.05, 4.69) is 21.2 Å². The van der Waals surface area contributed by atoms with Gasteiger partial charge in [0.2, 0.25) is 5.91 Å². The summed E-state index contributed by atoms with van der Waals surface area (Å²) in [7, 11) is 1.63. The van der Waals surface area contributed by atoms with Crippen molar-refractivity contribution in [1.29, 1.82) is 0 Å². The zero-order valence-corrected chi connectivity index (χ0v) is 9.24. The van der Waals surface area contributed by atoms with Crippen LogP contribution < -0.4 is 5.32 Å². The number of halogens is 1. The Hall–Kier alpha value is -1.03. The number of ether oxygens (including phenoxy) is 1. The monoisotopic (exact) mass is 255 g/mol. The highest BCUT2D eigenvalue weighted by Crippen LogP contribution is 2.30. The number of allylic oxidation sites excluding steroid dienone is 1. The fourth-order valence-electron chi connectivity index (χ4n) is 1.61. The normalized spacial score (nSPS) is 30.0. The Bertz CT molecular complexity index is 357. The van der Waals surface area contributed by atoms with Crippen molar-refractivity contribution >= 4 is 21.8 Å². The molecule has 1 N–H and O–H groups in total. The molecule has 2 aliphatic rings. The van der Waals surface area contributed by atoms with Gasteiger partial charge in [0, 0.05) is 16.5 Å². The molecule has 1 heterocycles. The average molecular weight is 256 g/mol. The van der Waals surface area contributed by atoms with Gasteiger partial charge in [-0.2, -0.15) is 0 Å². The molecular formula is C10H10BrNO2. The molecular weight excluding hydrogens is 246 g/mol. The maximum absolute atomic E-state index is 11.2. The Labute approximate surface area is 90.6 Å². The lowest BCUT2D eigenvalue weighted by atomic mass is 9.91. The van der Waals surface area contributed by atoms with E-state index in [0.29, 0.717) is 0 Å². The zero-order valence-electron chi connectivity index (χ0n) is 7.66. The van der Waals surface area contributed by atoms with Gasteiger partial charge in [-0.25, -0.2) is 0 Å². The standard InChI is InChI=1S/C10H10BrNO2/c1-14-6-2-3-9-7(4-6)8(11)5-10(13)12-9/h2-5,7,9H,1H3,(H,12,13). The lowest BCUT2D eigenvalue weighted by Crippen LogP contribution is -2.42. The van der Waals surface area contributed by atoms with Crippen molar-refractivity contribution in [2.45, 2.75) is 6.04 Å². The van der Waals surface area contributed by atoms with E-state index in [4.69, 9.17) is 4.74 Å². The van der Waals surface area contributed by atoms with Gasteiger partial charge in [0.05, 0.1) is 13.2 Å². The number of hydrogen-bond donors (Lipinski definition) is 1. The van der Waals surface area contributed by atoms with Gasteiger partial charge < -0.3 is 10.1 Å². The van der Waals surface area contributed by atoms with Gasteiger partial charge in [-0.1, -0.05) is 22.0 Å². The van der Waals surface area contributed by atoms with Crippen molar-refractivity contribution in [3.63, 3.8) is 0 Å². The van der Waals surface area contributed by atoms with Crippen molar-refractivity contribution in [3.05, 3.63) is 34.5 Å². The second-order valence-electron chi connectivity index (χ2n) is 3.22. The van der Waals surface area contributed by atoms with E-state index in [1.54, 1.807) is 13.2 Å². The Kier molecular flexibility index (Phi) is 2.46. The van der Waals surface area contributed by atoms with Crippen molar-refractivity contribution in [3.8, 4) is 0 Å². The topological polar surface area (TPSA) is 38.3 Å². The van der Waals surface area contributed by atoms with Crippen LogP contribution >= 0.6 is 15.9 Å². The molecule has 0 fully saturated rings. The molecule has 0 saturated heterocycles. The van der Waals surface area contributed by atoms with Gasteiger partial charge in [-0.05, 0) is 12.2 Å². The van der Waals surface area contributed by atoms with Crippen LogP contribution in [-0.2, 0) is 9.53 Å². The molecule has 74 valence electrons. The quantitative estimate of drug-likeness (QED) is 0.771. The first-order chi connectivity index (χ1) is 6.70. The molecule has 2 atom stereocenters. The number of amides is 1. The van der Waals surface area contributed by atoms with Crippen LogP contribution in [0.3, 0.4) is 0 Å². The third-order valence-corrected chi connectivity index (χ3v) is 3.09. The molecule has 1 aliphatic carbocycles. The Morgan fingerprint density at radius 2 is 2.36 bits per heavy atom. The summed E-state index contributed by atoms with van der Waals surface area (Å²) in [6.07, 6.45) is 7.36. The van der Waals surface area contributed by atoms with Gasteiger partial charge in [0.25, 0.3) is 0 Å². The molecule has 2 unspecified atom stereocenters. The van der Waals surface area contributed by atoms with Crippen molar-refractivity contribution in [1.82, 2.24) is 5.32 Å².